The van der Waals surface area contributed by atoms with Crippen LogP contribution in [0.5, 0.6) is 0 Å². The third-order valence-corrected chi connectivity index (χ3v) is 3.74. The van der Waals surface area contributed by atoms with Crippen LogP contribution in [0.25, 0.3) is 11.3 Å². The molecule has 1 heterocycles. The van der Waals surface area contributed by atoms with Crippen molar-refractivity contribution < 1.29 is 9.18 Å². The molecule has 1 N–H and O–H groups in total. The van der Waals surface area contributed by atoms with Gasteiger partial charge in [-0.25, -0.2) is 4.39 Å². The molecule has 1 aromatic heterocycles. The largest absolute Gasteiger partial charge is 0.348 e. The van der Waals surface area contributed by atoms with E-state index in [1.54, 1.807) is 18.3 Å². The molecule has 0 bridgehead atoms. The number of hydrogen-bond donors (Lipinski definition) is 1. The smallest absolute Gasteiger partial charge is 0.254 e. The summed E-state index contributed by atoms with van der Waals surface area (Å²) in [6, 6.07) is 17.7. The number of nitrogens with one attached hydrogen (secondary N) is 1. The molecule has 3 aromatic rings. The number of aromatic nitrogens is 1. The van der Waals surface area contributed by atoms with Crippen molar-refractivity contribution in [1.82, 2.24) is 10.3 Å². The number of halogens is 1. The number of nitrogens with zero attached hydrogens (tertiary/aromatic N) is 1. The topological polar surface area (TPSA) is 42.0 Å². The van der Waals surface area contributed by atoms with E-state index in [2.05, 4.69) is 10.3 Å². The van der Waals surface area contributed by atoms with Crippen LogP contribution in [-0.2, 0) is 6.54 Å². The average Bonchev–Trinajstić information content (AvgIpc) is 2.60. The Bertz CT molecular complexity index is 877. The van der Waals surface area contributed by atoms with Gasteiger partial charge in [0, 0.05) is 18.3 Å². The summed E-state index contributed by atoms with van der Waals surface area (Å²) < 4.78 is 13.7. The maximum Gasteiger partial charge on any atom is 0.254 e. The first-order chi connectivity index (χ1) is 11.6. The van der Waals surface area contributed by atoms with Gasteiger partial charge >= 0.3 is 0 Å². The van der Waals surface area contributed by atoms with Gasteiger partial charge < -0.3 is 5.32 Å². The SMILES string of the molecule is Cc1cccc(-c2ncccc2CNC(=O)c2ccccc2F)c1. The fourth-order valence-electron chi connectivity index (χ4n) is 2.55. The maximum absolute atomic E-state index is 13.7. The number of rotatable bonds is 4. The first kappa shape index (κ1) is 15.9. The zero-order valence-electron chi connectivity index (χ0n) is 13.3. The number of benzene rings is 2. The van der Waals surface area contributed by atoms with E-state index in [0.29, 0.717) is 0 Å². The van der Waals surface area contributed by atoms with Gasteiger partial charge in [-0.3, -0.25) is 9.78 Å². The molecule has 0 aliphatic heterocycles. The van der Waals surface area contributed by atoms with Crippen molar-refractivity contribution in [2.45, 2.75) is 13.5 Å². The maximum atomic E-state index is 13.7. The minimum absolute atomic E-state index is 0.0403. The van der Waals surface area contributed by atoms with Crippen LogP contribution in [0.15, 0.2) is 66.9 Å². The molecule has 3 rings (SSSR count). The molecule has 24 heavy (non-hydrogen) atoms. The molecule has 0 unspecified atom stereocenters. The van der Waals surface area contributed by atoms with Gasteiger partial charge in [-0.1, -0.05) is 42.0 Å². The second-order valence-electron chi connectivity index (χ2n) is 5.54. The monoisotopic (exact) mass is 320 g/mol. The van der Waals surface area contributed by atoms with E-state index in [-0.39, 0.29) is 12.1 Å². The van der Waals surface area contributed by atoms with E-state index in [9.17, 15) is 9.18 Å². The summed E-state index contributed by atoms with van der Waals surface area (Å²) in [7, 11) is 0. The van der Waals surface area contributed by atoms with Gasteiger partial charge in [-0.05, 0) is 36.8 Å². The van der Waals surface area contributed by atoms with E-state index in [0.717, 1.165) is 22.4 Å². The third-order valence-electron chi connectivity index (χ3n) is 3.74. The van der Waals surface area contributed by atoms with Crippen molar-refractivity contribution >= 4 is 5.91 Å². The number of pyridine rings is 1. The van der Waals surface area contributed by atoms with Crippen LogP contribution in [0, 0.1) is 12.7 Å². The van der Waals surface area contributed by atoms with Gasteiger partial charge in [-0.2, -0.15) is 0 Å². The predicted molar refractivity (Wildman–Crippen MR) is 92.0 cm³/mol. The minimum Gasteiger partial charge on any atom is -0.348 e. The summed E-state index contributed by atoms with van der Waals surface area (Å²) in [5.74, 6) is -0.966. The first-order valence-corrected chi connectivity index (χ1v) is 7.69. The van der Waals surface area contributed by atoms with Crippen LogP contribution in [-0.4, -0.2) is 10.9 Å². The number of carbonyl (C=O) groups is 1. The highest BCUT2D eigenvalue weighted by Crippen LogP contribution is 2.22. The molecular formula is C20H17FN2O. The highest BCUT2D eigenvalue weighted by Gasteiger charge is 2.12. The molecule has 2 aromatic carbocycles. The van der Waals surface area contributed by atoms with Crippen molar-refractivity contribution in [2.24, 2.45) is 0 Å². The Hall–Kier alpha value is -3.01. The molecule has 0 radical (unpaired) electrons. The molecule has 0 fully saturated rings. The van der Waals surface area contributed by atoms with Crippen LogP contribution >= 0.6 is 0 Å². The van der Waals surface area contributed by atoms with E-state index >= 15 is 0 Å². The second-order valence-corrected chi connectivity index (χ2v) is 5.54. The van der Waals surface area contributed by atoms with Crippen molar-refractivity contribution in [3.05, 3.63) is 89.4 Å². The van der Waals surface area contributed by atoms with E-state index in [1.165, 1.54) is 12.1 Å². The molecule has 0 spiro atoms. The van der Waals surface area contributed by atoms with Gasteiger partial charge in [0.05, 0.1) is 11.3 Å². The highest BCUT2D eigenvalue weighted by molar-refractivity contribution is 5.94. The quantitative estimate of drug-likeness (QED) is 0.785. The zero-order valence-corrected chi connectivity index (χ0v) is 13.3. The number of amides is 1. The Kier molecular flexibility index (Phi) is 4.66. The Labute approximate surface area is 140 Å². The lowest BCUT2D eigenvalue weighted by Gasteiger charge is -2.11. The molecule has 120 valence electrons. The summed E-state index contributed by atoms with van der Waals surface area (Å²) in [6.07, 6.45) is 1.72. The molecule has 0 saturated heterocycles. The summed E-state index contributed by atoms with van der Waals surface area (Å²) in [5, 5.41) is 2.76. The lowest BCUT2D eigenvalue weighted by atomic mass is 10.0. The summed E-state index contributed by atoms with van der Waals surface area (Å²) in [6.45, 7) is 2.30. The fraction of sp³-hybridized carbons (Fsp3) is 0.100. The molecule has 0 saturated carbocycles. The Balaban J connectivity index is 1.82. The molecular weight excluding hydrogens is 303 g/mol. The van der Waals surface area contributed by atoms with Gasteiger partial charge in [0.1, 0.15) is 5.82 Å². The molecule has 0 aliphatic carbocycles. The van der Waals surface area contributed by atoms with Crippen molar-refractivity contribution in [1.29, 1.82) is 0 Å². The molecule has 1 amide bonds. The summed E-state index contributed by atoms with van der Waals surface area (Å²) >= 11 is 0. The van der Waals surface area contributed by atoms with E-state index in [4.69, 9.17) is 0 Å². The van der Waals surface area contributed by atoms with Crippen molar-refractivity contribution in [3.8, 4) is 11.3 Å². The van der Waals surface area contributed by atoms with Gasteiger partial charge in [0.15, 0.2) is 0 Å². The number of hydrogen-bond acceptors (Lipinski definition) is 2. The number of aryl methyl sites for hydroxylation is 1. The van der Waals surface area contributed by atoms with Gasteiger partial charge in [0.2, 0.25) is 0 Å². The average molecular weight is 320 g/mol. The molecule has 0 aliphatic rings. The third kappa shape index (κ3) is 3.49. The molecule has 0 atom stereocenters. The lowest BCUT2D eigenvalue weighted by molar-refractivity contribution is 0.0947. The summed E-state index contributed by atoms with van der Waals surface area (Å²) in [5.41, 5.74) is 3.87. The Morgan fingerprint density at radius 1 is 1.08 bits per heavy atom. The minimum atomic E-state index is -0.528. The van der Waals surface area contributed by atoms with Crippen LogP contribution in [0.3, 0.4) is 0 Å². The van der Waals surface area contributed by atoms with Crippen LogP contribution in [0.1, 0.15) is 21.5 Å². The van der Waals surface area contributed by atoms with Crippen LogP contribution in [0.2, 0.25) is 0 Å². The number of carbonyl (C=O) groups excluding carboxylic acids is 1. The highest BCUT2D eigenvalue weighted by atomic mass is 19.1. The molecule has 4 heteroatoms. The lowest BCUT2D eigenvalue weighted by Crippen LogP contribution is -2.24. The van der Waals surface area contributed by atoms with Gasteiger partial charge in [0.25, 0.3) is 5.91 Å². The molecule has 3 nitrogen and oxygen atoms in total. The standard InChI is InChI=1S/C20H17FN2O/c1-14-6-4-7-15(12-14)19-16(8-5-11-22-19)13-23-20(24)17-9-2-3-10-18(17)21/h2-12H,13H2,1H3,(H,23,24). The van der Waals surface area contributed by atoms with Crippen LogP contribution < -0.4 is 5.32 Å². The predicted octanol–water partition coefficient (Wildman–Crippen LogP) is 4.13. The zero-order chi connectivity index (χ0) is 16.9. The second kappa shape index (κ2) is 7.04. The van der Waals surface area contributed by atoms with Gasteiger partial charge in [-0.15, -0.1) is 0 Å². The summed E-state index contributed by atoms with van der Waals surface area (Å²) in [4.78, 5) is 16.6. The van der Waals surface area contributed by atoms with Crippen molar-refractivity contribution in [2.75, 3.05) is 0 Å². The first-order valence-electron chi connectivity index (χ1n) is 7.69. The Morgan fingerprint density at radius 3 is 2.71 bits per heavy atom. The van der Waals surface area contributed by atoms with Crippen LogP contribution in [0.4, 0.5) is 4.39 Å². The fourth-order valence-corrected chi connectivity index (χ4v) is 2.55. The van der Waals surface area contributed by atoms with E-state index in [1.807, 2.05) is 43.3 Å². The van der Waals surface area contributed by atoms with Crippen molar-refractivity contribution in [3.63, 3.8) is 0 Å². The Morgan fingerprint density at radius 2 is 1.92 bits per heavy atom. The normalized spacial score (nSPS) is 10.4. The van der Waals surface area contributed by atoms with E-state index < -0.39 is 11.7 Å².